The topological polar surface area (TPSA) is 47.6 Å². The van der Waals surface area contributed by atoms with Gasteiger partial charge >= 0.3 is 0 Å². The number of hydrogen-bond donors (Lipinski definition) is 1. The molecule has 1 N–H and O–H groups in total. The van der Waals surface area contributed by atoms with Gasteiger partial charge in [-0.05, 0) is 30.2 Å². The normalized spacial score (nSPS) is 10.2. The number of ether oxygens (including phenoxy) is 2. The van der Waals surface area contributed by atoms with Crippen molar-refractivity contribution in [2.24, 2.45) is 5.92 Å². The molecule has 0 spiro atoms. The van der Waals surface area contributed by atoms with Crippen molar-refractivity contribution in [2.75, 3.05) is 20.3 Å². The number of benzene rings is 1. The molecule has 4 nitrogen and oxygen atoms in total. The van der Waals surface area contributed by atoms with Gasteiger partial charge in [0.1, 0.15) is 11.5 Å². The molecule has 0 aliphatic rings. The molecular weight excluding hydrogens is 230 g/mol. The average Bonchev–Trinajstić information content (AvgIpc) is 2.37. The molecule has 0 aliphatic heterocycles. The van der Waals surface area contributed by atoms with Crippen LogP contribution in [0.5, 0.6) is 11.5 Å². The van der Waals surface area contributed by atoms with Gasteiger partial charge in [0.05, 0.1) is 20.1 Å². The van der Waals surface area contributed by atoms with Gasteiger partial charge in [-0.1, -0.05) is 13.8 Å². The molecule has 0 saturated carbocycles. The quantitative estimate of drug-likeness (QED) is 0.808. The van der Waals surface area contributed by atoms with Crippen LogP contribution < -0.4 is 14.8 Å². The Bertz CT molecular complexity index is 360. The first-order valence-corrected chi connectivity index (χ1v) is 6.15. The fourth-order valence-electron chi connectivity index (χ4n) is 1.34. The predicted octanol–water partition coefficient (Wildman–Crippen LogP) is 2.24. The third-order valence-corrected chi connectivity index (χ3v) is 2.36. The van der Waals surface area contributed by atoms with E-state index in [-0.39, 0.29) is 5.91 Å². The third kappa shape index (κ3) is 5.57. The standard InChI is InChI=1S/C14H21NO3/c1-11(2)10-15-14(16)8-9-18-13-6-4-12(17-3)5-7-13/h4-7,11H,8-10H2,1-3H3,(H,15,16). The van der Waals surface area contributed by atoms with Crippen LogP contribution in [0.2, 0.25) is 0 Å². The van der Waals surface area contributed by atoms with Crippen LogP contribution in [-0.2, 0) is 4.79 Å². The summed E-state index contributed by atoms with van der Waals surface area (Å²) in [5.74, 6) is 2.03. The second-order valence-corrected chi connectivity index (χ2v) is 4.47. The largest absolute Gasteiger partial charge is 0.497 e. The van der Waals surface area contributed by atoms with Gasteiger partial charge in [-0.15, -0.1) is 0 Å². The summed E-state index contributed by atoms with van der Waals surface area (Å²) in [6.07, 6.45) is 0.374. The second kappa shape index (κ2) is 7.58. The number of nitrogens with one attached hydrogen (secondary N) is 1. The first-order chi connectivity index (χ1) is 8.61. The zero-order valence-electron chi connectivity index (χ0n) is 11.2. The molecule has 0 aliphatic carbocycles. The maximum Gasteiger partial charge on any atom is 0.223 e. The minimum absolute atomic E-state index is 0.0252. The van der Waals surface area contributed by atoms with E-state index in [1.807, 2.05) is 24.3 Å². The minimum atomic E-state index is 0.0252. The van der Waals surface area contributed by atoms with E-state index in [2.05, 4.69) is 19.2 Å². The number of carbonyl (C=O) groups is 1. The molecule has 0 radical (unpaired) electrons. The van der Waals surface area contributed by atoms with Gasteiger partial charge in [0, 0.05) is 6.54 Å². The van der Waals surface area contributed by atoms with E-state index in [1.165, 1.54) is 0 Å². The molecule has 0 heterocycles. The highest BCUT2D eigenvalue weighted by Gasteiger charge is 2.03. The summed E-state index contributed by atoms with van der Waals surface area (Å²) in [7, 11) is 1.62. The lowest BCUT2D eigenvalue weighted by molar-refractivity contribution is -0.121. The van der Waals surface area contributed by atoms with Gasteiger partial charge in [-0.3, -0.25) is 4.79 Å². The molecule has 18 heavy (non-hydrogen) atoms. The van der Waals surface area contributed by atoms with E-state index in [0.29, 0.717) is 25.5 Å². The van der Waals surface area contributed by atoms with E-state index in [9.17, 15) is 4.79 Å². The molecule has 1 aromatic rings. The van der Waals surface area contributed by atoms with E-state index in [4.69, 9.17) is 9.47 Å². The Hall–Kier alpha value is -1.71. The fourth-order valence-corrected chi connectivity index (χ4v) is 1.34. The summed E-state index contributed by atoms with van der Waals surface area (Å²) < 4.78 is 10.5. The van der Waals surface area contributed by atoms with Crippen LogP contribution in [0.3, 0.4) is 0 Å². The number of amides is 1. The van der Waals surface area contributed by atoms with Crippen molar-refractivity contribution in [1.29, 1.82) is 0 Å². The van der Waals surface area contributed by atoms with Crippen molar-refractivity contribution in [2.45, 2.75) is 20.3 Å². The number of carbonyl (C=O) groups excluding carboxylic acids is 1. The molecule has 4 heteroatoms. The Labute approximate surface area is 108 Å². The third-order valence-electron chi connectivity index (χ3n) is 2.36. The lowest BCUT2D eigenvalue weighted by atomic mass is 10.2. The van der Waals surface area contributed by atoms with Crippen LogP contribution >= 0.6 is 0 Å². The molecule has 0 unspecified atom stereocenters. The van der Waals surface area contributed by atoms with Crippen LogP contribution in [-0.4, -0.2) is 26.2 Å². The number of rotatable bonds is 7. The Kier molecular flexibility index (Phi) is 6.05. The smallest absolute Gasteiger partial charge is 0.223 e. The fraction of sp³-hybridized carbons (Fsp3) is 0.500. The molecule has 0 fully saturated rings. The maximum absolute atomic E-state index is 11.4. The maximum atomic E-state index is 11.4. The van der Waals surface area contributed by atoms with Crippen LogP contribution in [0.1, 0.15) is 20.3 Å². The Morgan fingerprint density at radius 1 is 1.22 bits per heavy atom. The van der Waals surface area contributed by atoms with Gasteiger partial charge in [0.25, 0.3) is 0 Å². The van der Waals surface area contributed by atoms with E-state index >= 15 is 0 Å². The molecular formula is C14H21NO3. The van der Waals surface area contributed by atoms with Crippen molar-refractivity contribution < 1.29 is 14.3 Å². The summed E-state index contributed by atoms with van der Waals surface area (Å²) in [6, 6.07) is 7.30. The van der Waals surface area contributed by atoms with Gasteiger partial charge in [0.2, 0.25) is 5.91 Å². The first kappa shape index (κ1) is 14.4. The summed E-state index contributed by atoms with van der Waals surface area (Å²) in [5, 5.41) is 2.85. The molecule has 0 aromatic heterocycles. The summed E-state index contributed by atoms with van der Waals surface area (Å²) in [6.45, 7) is 5.22. The van der Waals surface area contributed by atoms with Gasteiger partial charge in [-0.25, -0.2) is 0 Å². The molecule has 1 aromatic carbocycles. The molecule has 0 atom stereocenters. The van der Waals surface area contributed by atoms with Crippen LogP contribution in [0.15, 0.2) is 24.3 Å². The summed E-state index contributed by atoms with van der Waals surface area (Å²) >= 11 is 0. The van der Waals surface area contributed by atoms with Gasteiger partial charge in [0.15, 0.2) is 0 Å². The zero-order valence-corrected chi connectivity index (χ0v) is 11.2. The highest BCUT2D eigenvalue weighted by Crippen LogP contribution is 2.16. The van der Waals surface area contributed by atoms with Crippen molar-refractivity contribution in [3.05, 3.63) is 24.3 Å². The van der Waals surface area contributed by atoms with Crippen LogP contribution in [0, 0.1) is 5.92 Å². The highest BCUT2D eigenvalue weighted by molar-refractivity contribution is 5.75. The Morgan fingerprint density at radius 3 is 2.39 bits per heavy atom. The van der Waals surface area contributed by atoms with Crippen molar-refractivity contribution in [1.82, 2.24) is 5.32 Å². The van der Waals surface area contributed by atoms with Gasteiger partial charge in [-0.2, -0.15) is 0 Å². The van der Waals surface area contributed by atoms with Crippen LogP contribution in [0.25, 0.3) is 0 Å². The van der Waals surface area contributed by atoms with E-state index in [0.717, 1.165) is 11.5 Å². The van der Waals surface area contributed by atoms with Crippen molar-refractivity contribution in [3.63, 3.8) is 0 Å². The lowest BCUT2D eigenvalue weighted by Crippen LogP contribution is -2.28. The molecule has 1 amide bonds. The SMILES string of the molecule is COc1ccc(OCCC(=O)NCC(C)C)cc1. The number of methoxy groups -OCH3 is 1. The van der Waals surface area contributed by atoms with Crippen LogP contribution in [0.4, 0.5) is 0 Å². The molecule has 100 valence electrons. The Morgan fingerprint density at radius 2 is 1.83 bits per heavy atom. The lowest BCUT2D eigenvalue weighted by Gasteiger charge is -2.09. The van der Waals surface area contributed by atoms with E-state index in [1.54, 1.807) is 7.11 Å². The first-order valence-electron chi connectivity index (χ1n) is 6.15. The molecule has 0 bridgehead atoms. The zero-order chi connectivity index (χ0) is 13.4. The minimum Gasteiger partial charge on any atom is -0.497 e. The van der Waals surface area contributed by atoms with Crippen molar-refractivity contribution in [3.8, 4) is 11.5 Å². The summed E-state index contributed by atoms with van der Waals surface area (Å²) in [4.78, 5) is 11.4. The highest BCUT2D eigenvalue weighted by atomic mass is 16.5. The Balaban J connectivity index is 2.22. The van der Waals surface area contributed by atoms with Gasteiger partial charge < -0.3 is 14.8 Å². The predicted molar refractivity (Wildman–Crippen MR) is 71.0 cm³/mol. The molecule has 1 rings (SSSR count). The van der Waals surface area contributed by atoms with E-state index < -0.39 is 0 Å². The molecule has 0 saturated heterocycles. The van der Waals surface area contributed by atoms with Crippen molar-refractivity contribution >= 4 is 5.91 Å². The average molecular weight is 251 g/mol. The monoisotopic (exact) mass is 251 g/mol. The number of hydrogen-bond acceptors (Lipinski definition) is 3. The second-order valence-electron chi connectivity index (χ2n) is 4.47. The summed E-state index contributed by atoms with van der Waals surface area (Å²) in [5.41, 5.74) is 0.